The third-order valence-electron chi connectivity index (χ3n) is 4.01. The van der Waals surface area contributed by atoms with Crippen LogP contribution in [0.15, 0.2) is 24.3 Å². The number of likely N-dealkylation sites (N-methyl/N-ethyl adjacent to an activating group) is 1. The lowest BCUT2D eigenvalue weighted by atomic mass is 9.94. The number of hydrogen-bond donors (Lipinski definition) is 2. The molecule has 0 saturated carbocycles. The standard InChI is InChI=1S/C16H26FN3O/c1-4-20(14-9-7-8-13(17)12-14)11-6-5-10-16(2,19-3)15(18)21/h7-9,12,19H,4-6,10-11H2,1-3H3,(H2,18,21). The van der Waals surface area contributed by atoms with Gasteiger partial charge in [0.1, 0.15) is 5.82 Å². The number of unbranched alkanes of at least 4 members (excludes halogenated alkanes) is 1. The van der Waals surface area contributed by atoms with Crippen LogP contribution in [0.3, 0.4) is 0 Å². The number of nitrogens with one attached hydrogen (secondary N) is 1. The monoisotopic (exact) mass is 295 g/mol. The Balaban J connectivity index is 2.48. The lowest BCUT2D eigenvalue weighted by Gasteiger charge is -2.27. The Morgan fingerprint density at radius 3 is 2.67 bits per heavy atom. The highest BCUT2D eigenvalue weighted by Gasteiger charge is 2.27. The molecule has 0 aliphatic carbocycles. The molecular weight excluding hydrogens is 269 g/mol. The van der Waals surface area contributed by atoms with Gasteiger partial charge in [-0.1, -0.05) is 6.07 Å². The highest BCUT2D eigenvalue weighted by atomic mass is 19.1. The highest BCUT2D eigenvalue weighted by Crippen LogP contribution is 2.18. The Hall–Kier alpha value is -1.62. The summed E-state index contributed by atoms with van der Waals surface area (Å²) in [5, 5.41) is 2.98. The maximum Gasteiger partial charge on any atom is 0.237 e. The quantitative estimate of drug-likeness (QED) is 0.687. The predicted molar refractivity (Wildman–Crippen MR) is 84.8 cm³/mol. The topological polar surface area (TPSA) is 58.4 Å². The fourth-order valence-corrected chi connectivity index (χ4v) is 2.30. The number of halogens is 1. The SMILES string of the molecule is CCN(CCCCC(C)(NC)C(N)=O)c1cccc(F)c1. The molecule has 1 unspecified atom stereocenters. The van der Waals surface area contributed by atoms with Gasteiger partial charge in [0.05, 0.1) is 5.54 Å². The van der Waals surface area contributed by atoms with E-state index in [0.29, 0.717) is 6.42 Å². The minimum Gasteiger partial charge on any atom is -0.372 e. The van der Waals surface area contributed by atoms with E-state index in [-0.39, 0.29) is 11.7 Å². The number of carbonyl (C=O) groups is 1. The number of benzene rings is 1. The number of amides is 1. The average molecular weight is 295 g/mol. The number of nitrogens with zero attached hydrogens (tertiary/aromatic N) is 1. The maximum absolute atomic E-state index is 13.3. The summed E-state index contributed by atoms with van der Waals surface area (Å²) in [6, 6.07) is 6.62. The van der Waals surface area contributed by atoms with Crippen LogP contribution in [0.5, 0.6) is 0 Å². The zero-order valence-electron chi connectivity index (χ0n) is 13.2. The van der Waals surface area contributed by atoms with Gasteiger partial charge in [-0.3, -0.25) is 4.79 Å². The molecule has 21 heavy (non-hydrogen) atoms. The first-order valence-electron chi connectivity index (χ1n) is 7.42. The van der Waals surface area contributed by atoms with Crippen molar-refractivity contribution in [3.8, 4) is 0 Å². The molecule has 1 aromatic carbocycles. The first kappa shape index (κ1) is 17.4. The van der Waals surface area contributed by atoms with Crippen LogP contribution in [-0.2, 0) is 4.79 Å². The van der Waals surface area contributed by atoms with E-state index in [4.69, 9.17) is 5.73 Å². The number of anilines is 1. The van der Waals surface area contributed by atoms with E-state index in [2.05, 4.69) is 10.2 Å². The molecule has 1 amide bonds. The van der Waals surface area contributed by atoms with E-state index in [0.717, 1.165) is 31.6 Å². The van der Waals surface area contributed by atoms with Gasteiger partial charge in [-0.25, -0.2) is 4.39 Å². The normalized spacial score (nSPS) is 13.7. The van der Waals surface area contributed by atoms with Gasteiger partial charge < -0.3 is 16.0 Å². The fourth-order valence-electron chi connectivity index (χ4n) is 2.30. The summed E-state index contributed by atoms with van der Waals surface area (Å²) in [6.07, 6.45) is 2.50. The molecule has 0 spiro atoms. The number of primary amides is 1. The Labute approximate surface area is 126 Å². The summed E-state index contributed by atoms with van der Waals surface area (Å²) < 4.78 is 13.3. The lowest BCUT2D eigenvalue weighted by Crippen LogP contribution is -2.51. The minimum absolute atomic E-state index is 0.220. The van der Waals surface area contributed by atoms with Crippen LogP contribution >= 0.6 is 0 Å². The molecule has 3 N–H and O–H groups in total. The molecule has 0 aromatic heterocycles. The molecule has 0 heterocycles. The Morgan fingerprint density at radius 2 is 2.14 bits per heavy atom. The average Bonchev–Trinajstić information content (AvgIpc) is 2.46. The van der Waals surface area contributed by atoms with Crippen molar-refractivity contribution in [1.82, 2.24) is 5.32 Å². The summed E-state index contributed by atoms with van der Waals surface area (Å²) in [6.45, 7) is 5.52. The summed E-state index contributed by atoms with van der Waals surface area (Å²) in [5.41, 5.74) is 5.64. The van der Waals surface area contributed by atoms with Gasteiger partial charge >= 0.3 is 0 Å². The van der Waals surface area contributed by atoms with Gasteiger partial charge in [0.25, 0.3) is 0 Å². The van der Waals surface area contributed by atoms with Crippen LogP contribution in [-0.4, -0.2) is 31.6 Å². The molecule has 0 aliphatic rings. The van der Waals surface area contributed by atoms with Gasteiger partial charge in [-0.05, 0) is 58.4 Å². The van der Waals surface area contributed by atoms with Crippen LogP contribution in [0.25, 0.3) is 0 Å². The van der Waals surface area contributed by atoms with E-state index in [1.165, 1.54) is 6.07 Å². The van der Waals surface area contributed by atoms with Crippen LogP contribution in [0.1, 0.15) is 33.1 Å². The fraction of sp³-hybridized carbons (Fsp3) is 0.562. The zero-order chi connectivity index (χ0) is 15.9. The number of hydrogen-bond acceptors (Lipinski definition) is 3. The Bertz CT molecular complexity index is 467. The lowest BCUT2D eigenvalue weighted by molar-refractivity contribution is -0.123. The van der Waals surface area contributed by atoms with Crippen molar-refractivity contribution in [2.75, 3.05) is 25.0 Å². The summed E-state index contributed by atoms with van der Waals surface area (Å²) in [5.74, 6) is -0.551. The van der Waals surface area contributed by atoms with E-state index in [1.807, 2.05) is 19.9 Å². The first-order valence-corrected chi connectivity index (χ1v) is 7.42. The number of nitrogens with two attached hydrogens (primary N) is 1. The molecule has 4 nitrogen and oxygen atoms in total. The van der Waals surface area contributed by atoms with Crippen LogP contribution in [0, 0.1) is 5.82 Å². The van der Waals surface area contributed by atoms with Crippen LogP contribution in [0.2, 0.25) is 0 Å². The molecule has 0 fully saturated rings. The largest absolute Gasteiger partial charge is 0.372 e. The minimum atomic E-state index is -0.657. The second kappa shape index (κ2) is 7.98. The van der Waals surface area contributed by atoms with Crippen molar-refractivity contribution in [3.63, 3.8) is 0 Å². The van der Waals surface area contributed by atoms with E-state index in [9.17, 15) is 9.18 Å². The van der Waals surface area contributed by atoms with E-state index >= 15 is 0 Å². The molecular formula is C16H26FN3O. The first-order chi connectivity index (χ1) is 9.92. The number of rotatable bonds is 9. The zero-order valence-corrected chi connectivity index (χ0v) is 13.2. The molecule has 0 radical (unpaired) electrons. The molecule has 0 saturated heterocycles. The maximum atomic E-state index is 13.3. The van der Waals surface area contributed by atoms with Crippen LogP contribution in [0.4, 0.5) is 10.1 Å². The third-order valence-corrected chi connectivity index (χ3v) is 4.01. The molecule has 1 aromatic rings. The van der Waals surface area contributed by atoms with Gasteiger partial charge in [-0.15, -0.1) is 0 Å². The van der Waals surface area contributed by atoms with Gasteiger partial charge in [-0.2, -0.15) is 0 Å². The van der Waals surface area contributed by atoms with Crippen molar-refractivity contribution in [1.29, 1.82) is 0 Å². The molecule has 1 rings (SSSR count). The van der Waals surface area contributed by atoms with Crippen molar-refractivity contribution < 1.29 is 9.18 Å². The van der Waals surface area contributed by atoms with Gasteiger partial charge in [0, 0.05) is 18.8 Å². The molecule has 0 aliphatic heterocycles. The molecule has 118 valence electrons. The number of carbonyl (C=O) groups excluding carboxylic acids is 1. The Kier molecular flexibility index (Phi) is 6.62. The highest BCUT2D eigenvalue weighted by molar-refractivity contribution is 5.84. The second-order valence-electron chi connectivity index (χ2n) is 5.46. The Morgan fingerprint density at radius 1 is 1.43 bits per heavy atom. The van der Waals surface area contributed by atoms with Crippen molar-refractivity contribution >= 4 is 11.6 Å². The smallest absolute Gasteiger partial charge is 0.237 e. The van der Waals surface area contributed by atoms with Gasteiger partial charge in [0.2, 0.25) is 5.91 Å². The molecule has 1 atom stereocenters. The summed E-state index contributed by atoms with van der Waals surface area (Å²) >= 11 is 0. The summed E-state index contributed by atoms with van der Waals surface area (Å²) in [4.78, 5) is 13.5. The van der Waals surface area contributed by atoms with Gasteiger partial charge in [0.15, 0.2) is 0 Å². The second-order valence-corrected chi connectivity index (χ2v) is 5.46. The molecule has 0 bridgehead atoms. The van der Waals surface area contributed by atoms with E-state index in [1.54, 1.807) is 19.2 Å². The van der Waals surface area contributed by atoms with E-state index < -0.39 is 5.54 Å². The van der Waals surface area contributed by atoms with Crippen molar-refractivity contribution in [2.45, 2.75) is 38.6 Å². The predicted octanol–water partition coefficient (Wildman–Crippen LogP) is 2.29. The summed E-state index contributed by atoms with van der Waals surface area (Å²) in [7, 11) is 1.75. The third kappa shape index (κ3) is 5.01. The van der Waals surface area contributed by atoms with Crippen LogP contribution < -0.4 is 16.0 Å². The molecule has 5 heteroatoms. The van der Waals surface area contributed by atoms with Crippen molar-refractivity contribution in [3.05, 3.63) is 30.1 Å². The van der Waals surface area contributed by atoms with Crippen molar-refractivity contribution in [2.24, 2.45) is 5.73 Å².